The predicted molar refractivity (Wildman–Crippen MR) is 77.5 cm³/mol. The molecule has 3 heteroatoms. The largest absolute Gasteiger partial charge is 0.386 e. The van der Waals surface area contributed by atoms with Crippen LogP contribution in [0.5, 0.6) is 0 Å². The van der Waals surface area contributed by atoms with Crippen LogP contribution in [0.3, 0.4) is 0 Å². The second-order valence-corrected chi connectivity index (χ2v) is 5.96. The fourth-order valence-corrected chi connectivity index (χ4v) is 3.03. The number of nitrogens with one attached hydrogen (secondary N) is 1. The first-order chi connectivity index (χ1) is 8.95. The van der Waals surface area contributed by atoms with Gasteiger partial charge in [-0.15, -0.1) is 0 Å². The third kappa shape index (κ3) is 2.68. The molecular formula is C16H23N3. The number of hydrogen-bond donors (Lipinski definition) is 2. The van der Waals surface area contributed by atoms with E-state index >= 15 is 0 Å². The van der Waals surface area contributed by atoms with Gasteiger partial charge >= 0.3 is 0 Å². The van der Waals surface area contributed by atoms with Crippen molar-refractivity contribution in [2.45, 2.75) is 40.0 Å². The summed E-state index contributed by atoms with van der Waals surface area (Å²) in [6, 6.07) is 2.45. The molecule has 1 fully saturated rings. The van der Waals surface area contributed by atoms with Crippen LogP contribution in [0, 0.1) is 29.1 Å². The smallest absolute Gasteiger partial charge is 0.0930 e. The summed E-state index contributed by atoms with van der Waals surface area (Å²) in [5.74, 6) is 1.52. The Kier molecular flexibility index (Phi) is 3.71. The molecule has 19 heavy (non-hydrogen) atoms. The summed E-state index contributed by atoms with van der Waals surface area (Å²) in [5, 5.41) is 12.6. The average molecular weight is 257 g/mol. The summed E-state index contributed by atoms with van der Waals surface area (Å²) in [5.41, 5.74) is 10.7. The Balaban J connectivity index is 2.51. The van der Waals surface area contributed by atoms with Gasteiger partial charge in [0.1, 0.15) is 0 Å². The standard InChI is InChI=1S/C16H23N3/c1-9(2)15-10(3)13(8-17)7-14(12-5-6-12)16(15)19-11(4)18/h9,12-13,19H,4-7,18H2,1-3H3. The molecule has 0 radical (unpaired) electrons. The molecule has 0 amide bonds. The van der Waals surface area contributed by atoms with E-state index in [1.165, 1.54) is 29.6 Å². The number of nitrogens with zero attached hydrogens (tertiary/aromatic N) is 1. The van der Waals surface area contributed by atoms with E-state index in [1.807, 2.05) is 0 Å². The van der Waals surface area contributed by atoms with Crippen LogP contribution in [0.4, 0.5) is 0 Å². The van der Waals surface area contributed by atoms with Gasteiger partial charge in [0.15, 0.2) is 0 Å². The average Bonchev–Trinajstić information content (AvgIpc) is 3.12. The van der Waals surface area contributed by atoms with Crippen LogP contribution in [0.15, 0.2) is 34.8 Å². The Morgan fingerprint density at radius 2 is 2.11 bits per heavy atom. The quantitative estimate of drug-likeness (QED) is 0.813. The maximum atomic E-state index is 9.38. The summed E-state index contributed by atoms with van der Waals surface area (Å²) < 4.78 is 0. The number of rotatable bonds is 4. The molecule has 2 aliphatic rings. The zero-order valence-electron chi connectivity index (χ0n) is 12.1. The molecule has 0 aliphatic heterocycles. The van der Waals surface area contributed by atoms with Crippen molar-refractivity contribution >= 4 is 0 Å². The van der Waals surface area contributed by atoms with Crippen molar-refractivity contribution in [1.29, 1.82) is 5.26 Å². The van der Waals surface area contributed by atoms with Crippen molar-refractivity contribution in [2.24, 2.45) is 23.5 Å². The SMILES string of the molecule is C=C(N)NC1=C(C2CC2)CC(C#N)C(C)=C1C(C)C. The van der Waals surface area contributed by atoms with E-state index in [9.17, 15) is 5.26 Å². The molecule has 0 bridgehead atoms. The third-order valence-corrected chi connectivity index (χ3v) is 4.05. The van der Waals surface area contributed by atoms with Crippen LogP contribution in [0.25, 0.3) is 0 Å². The molecule has 0 spiro atoms. The van der Waals surface area contributed by atoms with E-state index in [-0.39, 0.29) is 5.92 Å². The van der Waals surface area contributed by atoms with Crippen molar-refractivity contribution in [1.82, 2.24) is 5.32 Å². The van der Waals surface area contributed by atoms with E-state index in [0.717, 1.165) is 12.1 Å². The highest BCUT2D eigenvalue weighted by Crippen LogP contribution is 2.47. The minimum Gasteiger partial charge on any atom is -0.386 e. The van der Waals surface area contributed by atoms with Gasteiger partial charge in [0.25, 0.3) is 0 Å². The first-order valence-corrected chi connectivity index (χ1v) is 7.00. The Bertz CT molecular complexity index is 499. The molecule has 1 saturated carbocycles. The van der Waals surface area contributed by atoms with E-state index in [4.69, 9.17) is 5.73 Å². The summed E-state index contributed by atoms with van der Waals surface area (Å²) in [4.78, 5) is 0. The van der Waals surface area contributed by atoms with Crippen molar-refractivity contribution in [3.05, 3.63) is 34.8 Å². The summed E-state index contributed by atoms with van der Waals surface area (Å²) in [6.45, 7) is 10.2. The van der Waals surface area contributed by atoms with E-state index in [2.05, 4.69) is 38.7 Å². The first kappa shape index (κ1) is 13.7. The molecule has 0 saturated heterocycles. The fourth-order valence-electron chi connectivity index (χ4n) is 3.03. The maximum Gasteiger partial charge on any atom is 0.0930 e. The Morgan fingerprint density at radius 1 is 1.47 bits per heavy atom. The van der Waals surface area contributed by atoms with Gasteiger partial charge in [-0.3, -0.25) is 0 Å². The molecule has 0 aromatic rings. The fraction of sp³-hybridized carbons (Fsp3) is 0.562. The first-order valence-electron chi connectivity index (χ1n) is 7.00. The second kappa shape index (κ2) is 5.13. The number of nitriles is 1. The van der Waals surface area contributed by atoms with E-state index < -0.39 is 0 Å². The highest BCUT2D eigenvalue weighted by molar-refractivity contribution is 5.47. The molecule has 3 N–H and O–H groups in total. The van der Waals surface area contributed by atoms with Crippen LogP contribution in [-0.2, 0) is 0 Å². The van der Waals surface area contributed by atoms with Gasteiger partial charge in [-0.2, -0.15) is 5.26 Å². The molecule has 1 unspecified atom stereocenters. The lowest BCUT2D eigenvalue weighted by molar-refractivity contribution is 0.622. The lowest BCUT2D eigenvalue weighted by Crippen LogP contribution is -2.28. The zero-order valence-corrected chi connectivity index (χ0v) is 12.1. The minimum atomic E-state index is 0.0181. The van der Waals surface area contributed by atoms with Gasteiger partial charge in [-0.05, 0) is 49.2 Å². The molecule has 2 rings (SSSR count). The molecule has 0 heterocycles. The molecular weight excluding hydrogens is 234 g/mol. The molecule has 3 nitrogen and oxygen atoms in total. The van der Waals surface area contributed by atoms with Crippen LogP contribution >= 0.6 is 0 Å². The normalized spacial score (nSPS) is 23.6. The maximum absolute atomic E-state index is 9.38. The highest BCUT2D eigenvalue weighted by atomic mass is 15.0. The third-order valence-electron chi connectivity index (χ3n) is 4.05. The lowest BCUT2D eigenvalue weighted by atomic mass is 9.77. The van der Waals surface area contributed by atoms with Crippen LogP contribution < -0.4 is 11.1 Å². The molecule has 0 aromatic heterocycles. The van der Waals surface area contributed by atoms with Gasteiger partial charge < -0.3 is 11.1 Å². The number of nitrogens with two attached hydrogens (primary N) is 1. The van der Waals surface area contributed by atoms with Crippen molar-refractivity contribution in [3.8, 4) is 6.07 Å². The summed E-state index contributed by atoms with van der Waals surface area (Å²) >= 11 is 0. The molecule has 2 aliphatic carbocycles. The van der Waals surface area contributed by atoms with Crippen molar-refractivity contribution < 1.29 is 0 Å². The van der Waals surface area contributed by atoms with E-state index in [0.29, 0.717) is 17.7 Å². The van der Waals surface area contributed by atoms with Gasteiger partial charge in [0, 0.05) is 5.70 Å². The van der Waals surface area contributed by atoms with Gasteiger partial charge in [-0.1, -0.05) is 26.0 Å². The van der Waals surface area contributed by atoms with Crippen LogP contribution in [-0.4, -0.2) is 0 Å². The van der Waals surface area contributed by atoms with Gasteiger partial charge in [-0.25, -0.2) is 0 Å². The highest BCUT2D eigenvalue weighted by Gasteiger charge is 2.36. The monoisotopic (exact) mass is 257 g/mol. The Labute approximate surface area is 115 Å². The van der Waals surface area contributed by atoms with Crippen molar-refractivity contribution in [3.63, 3.8) is 0 Å². The van der Waals surface area contributed by atoms with Gasteiger partial charge in [0.05, 0.1) is 17.8 Å². The van der Waals surface area contributed by atoms with E-state index in [1.54, 1.807) is 0 Å². The number of allylic oxidation sites excluding steroid dienone is 3. The second-order valence-electron chi connectivity index (χ2n) is 5.96. The van der Waals surface area contributed by atoms with Crippen molar-refractivity contribution in [2.75, 3.05) is 0 Å². The minimum absolute atomic E-state index is 0.0181. The summed E-state index contributed by atoms with van der Waals surface area (Å²) in [7, 11) is 0. The lowest BCUT2D eigenvalue weighted by Gasteiger charge is -2.31. The Morgan fingerprint density at radius 3 is 2.53 bits per heavy atom. The molecule has 1 atom stereocenters. The Hall–Kier alpha value is -1.69. The van der Waals surface area contributed by atoms with Crippen LogP contribution in [0.1, 0.15) is 40.0 Å². The summed E-state index contributed by atoms with van der Waals surface area (Å²) in [6.07, 6.45) is 3.32. The topological polar surface area (TPSA) is 61.8 Å². The van der Waals surface area contributed by atoms with Crippen LogP contribution in [0.2, 0.25) is 0 Å². The molecule has 0 aromatic carbocycles. The van der Waals surface area contributed by atoms with Gasteiger partial charge in [0.2, 0.25) is 0 Å². The predicted octanol–water partition coefficient (Wildman–Crippen LogP) is 3.19. The molecule has 102 valence electrons. The zero-order chi connectivity index (χ0) is 14.2. The number of hydrogen-bond acceptors (Lipinski definition) is 3.